The maximum Gasteiger partial charge on any atom is 0.105 e. The third-order valence-corrected chi connectivity index (χ3v) is 2.34. The van der Waals surface area contributed by atoms with E-state index in [-0.39, 0.29) is 0 Å². The molecule has 0 bridgehead atoms. The highest BCUT2D eigenvalue weighted by molar-refractivity contribution is 5.23. The molecule has 0 heterocycles. The van der Waals surface area contributed by atoms with Crippen LogP contribution in [0.5, 0.6) is 0 Å². The van der Waals surface area contributed by atoms with E-state index in [9.17, 15) is 4.39 Å². The normalized spacial score (nSPS) is 12.8. The molecule has 1 nitrogen and oxygen atoms in total. The first-order valence-electron chi connectivity index (χ1n) is 5.18. The first-order chi connectivity index (χ1) is 6.76. The lowest BCUT2D eigenvalue weighted by molar-refractivity contribution is 0.316. The molecular formula is C12H18FN. The van der Waals surface area contributed by atoms with Crippen LogP contribution in [0.15, 0.2) is 24.3 Å². The fourth-order valence-corrected chi connectivity index (χ4v) is 1.52. The molecule has 0 aromatic heterocycles. The number of aryl methyl sites for hydroxylation is 1. The van der Waals surface area contributed by atoms with Crippen LogP contribution < -0.4 is 5.73 Å². The molecule has 78 valence electrons. The highest BCUT2D eigenvalue weighted by Gasteiger charge is 2.06. The van der Waals surface area contributed by atoms with E-state index >= 15 is 0 Å². The standard InChI is InChI=1S/C12H18FN/c1-2-10-4-3-5-11(8-10)9-12(13)6-7-14/h3-5,8,12H,2,6-7,9,14H2,1H3. The third kappa shape index (κ3) is 3.46. The molecule has 0 aliphatic rings. The monoisotopic (exact) mass is 195 g/mol. The Hall–Kier alpha value is -0.890. The molecule has 0 fully saturated rings. The molecule has 0 aliphatic heterocycles. The Morgan fingerprint density at radius 1 is 1.36 bits per heavy atom. The van der Waals surface area contributed by atoms with Gasteiger partial charge in [0.1, 0.15) is 6.17 Å². The van der Waals surface area contributed by atoms with Crippen LogP contribution in [0.3, 0.4) is 0 Å². The topological polar surface area (TPSA) is 26.0 Å². The number of alkyl halides is 1. The van der Waals surface area contributed by atoms with Gasteiger partial charge in [-0.15, -0.1) is 0 Å². The van der Waals surface area contributed by atoms with Crippen molar-refractivity contribution in [3.63, 3.8) is 0 Å². The first kappa shape index (κ1) is 11.2. The Labute approximate surface area is 85.1 Å². The average Bonchev–Trinajstić information content (AvgIpc) is 2.18. The van der Waals surface area contributed by atoms with Gasteiger partial charge in [0.25, 0.3) is 0 Å². The zero-order chi connectivity index (χ0) is 10.4. The maximum atomic E-state index is 13.2. The van der Waals surface area contributed by atoms with Crippen LogP contribution >= 0.6 is 0 Å². The van der Waals surface area contributed by atoms with Gasteiger partial charge in [-0.05, 0) is 30.5 Å². The summed E-state index contributed by atoms with van der Waals surface area (Å²) in [5, 5.41) is 0. The van der Waals surface area contributed by atoms with Gasteiger partial charge in [-0.2, -0.15) is 0 Å². The lowest BCUT2D eigenvalue weighted by Crippen LogP contribution is -2.11. The fraction of sp³-hybridized carbons (Fsp3) is 0.500. The van der Waals surface area contributed by atoms with Crippen LogP contribution in [0, 0.1) is 0 Å². The summed E-state index contributed by atoms with van der Waals surface area (Å²) < 4.78 is 13.2. The Bertz CT molecular complexity index is 273. The molecule has 14 heavy (non-hydrogen) atoms. The largest absolute Gasteiger partial charge is 0.330 e. The number of rotatable bonds is 5. The van der Waals surface area contributed by atoms with Crippen LogP contribution in [0.1, 0.15) is 24.5 Å². The van der Waals surface area contributed by atoms with Gasteiger partial charge < -0.3 is 5.73 Å². The smallest absolute Gasteiger partial charge is 0.105 e. The zero-order valence-electron chi connectivity index (χ0n) is 8.67. The van der Waals surface area contributed by atoms with Crippen molar-refractivity contribution in [2.24, 2.45) is 5.73 Å². The van der Waals surface area contributed by atoms with Crippen LogP contribution in [-0.2, 0) is 12.8 Å². The van der Waals surface area contributed by atoms with Gasteiger partial charge in [0.05, 0.1) is 0 Å². The Morgan fingerprint density at radius 2 is 2.07 bits per heavy atom. The second kappa shape index (κ2) is 5.76. The number of hydrogen-bond donors (Lipinski definition) is 1. The average molecular weight is 195 g/mol. The third-order valence-electron chi connectivity index (χ3n) is 2.34. The van der Waals surface area contributed by atoms with Crippen molar-refractivity contribution in [1.82, 2.24) is 0 Å². The predicted octanol–water partition coefficient (Wildman–Crippen LogP) is 2.48. The lowest BCUT2D eigenvalue weighted by Gasteiger charge is -2.07. The van der Waals surface area contributed by atoms with E-state index in [1.165, 1.54) is 5.56 Å². The van der Waals surface area contributed by atoms with Gasteiger partial charge >= 0.3 is 0 Å². The summed E-state index contributed by atoms with van der Waals surface area (Å²) in [5.74, 6) is 0. The number of halogens is 1. The molecule has 1 atom stereocenters. The Morgan fingerprint density at radius 3 is 2.71 bits per heavy atom. The second-order valence-electron chi connectivity index (χ2n) is 3.55. The Kier molecular flexibility index (Phi) is 4.60. The fourth-order valence-electron chi connectivity index (χ4n) is 1.52. The molecule has 0 amide bonds. The Balaban J connectivity index is 2.57. The van der Waals surface area contributed by atoms with Gasteiger partial charge in [-0.3, -0.25) is 0 Å². The van der Waals surface area contributed by atoms with Crippen molar-refractivity contribution in [2.45, 2.75) is 32.4 Å². The predicted molar refractivity (Wildman–Crippen MR) is 58.1 cm³/mol. The molecular weight excluding hydrogens is 177 g/mol. The van der Waals surface area contributed by atoms with Crippen LogP contribution in [0.25, 0.3) is 0 Å². The van der Waals surface area contributed by atoms with Crippen molar-refractivity contribution >= 4 is 0 Å². The summed E-state index contributed by atoms with van der Waals surface area (Å²) in [4.78, 5) is 0. The number of nitrogens with two attached hydrogens (primary N) is 1. The van der Waals surface area contributed by atoms with E-state index < -0.39 is 6.17 Å². The maximum absolute atomic E-state index is 13.2. The molecule has 1 aromatic rings. The molecule has 0 saturated heterocycles. The summed E-state index contributed by atoms with van der Waals surface area (Å²) in [6.45, 7) is 2.53. The second-order valence-corrected chi connectivity index (χ2v) is 3.55. The molecule has 0 radical (unpaired) electrons. The number of hydrogen-bond acceptors (Lipinski definition) is 1. The van der Waals surface area contributed by atoms with E-state index in [4.69, 9.17) is 5.73 Å². The summed E-state index contributed by atoms with van der Waals surface area (Å²) in [5.41, 5.74) is 7.64. The molecule has 0 aliphatic carbocycles. The molecule has 2 N–H and O–H groups in total. The van der Waals surface area contributed by atoms with E-state index in [0.717, 1.165) is 12.0 Å². The molecule has 1 aromatic carbocycles. The van der Waals surface area contributed by atoms with E-state index in [1.54, 1.807) is 0 Å². The van der Waals surface area contributed by atoms with Crippen molar-refractivity contribution < 1.29 is 4.39 Å². The lowest BCUT2D eigenvalue weighted by atomic mass is 10.0. The highest BCUT2D eigenvalue weighted by atomic mass is 19.1. The van der Waals surface area contributed by atoms with Crippen molar-refractivity contribution in [1.29, 1.82) is 0 Å². The van der Waals surface area contributed by atoms with Crippen LogP contribution in [0.2, 0.25) is 0 Å². The molecule has 1 rings (SSSR count). The van der Waals surface area contributed by atoms with Crippen molar-refractivity contribution in [2.75, 3.05) is 6.54 Å². The zero-order valence-corrected chi connectivity index (χ0v) is 8.67. The molecule has 0 spiro atoms. The van der Waals surface area contributed by atoms with Gasteiger partial charge in [-0.1, -0.05) is 31.2 Å². The van der Waals surface area contributed by atoms with E-state index in [0.29, 0.717) is 19.4 Å². The summed E-state index contributed by atoms with van der Waals surface area (Å²) in [7, 11) is 0. The van der Waals surface area contributed by atoms with Gasteiger partial charge in [0.2, 0.25) is 0 Å². The SMILES string of the molecule is CCc1cccc(CC(F)CCN)c1. The minimum absolute atomic E-state index is 0.425. The molecule has 0 saturated carbocycles. The molecule has 1 unspecified atom stereocenters. The minimum Gasteiger partial charge on any atom is -0.330 e. The minimum atomic E-state index is -0.799. The van der Waals surface area contributed by atoms with E-state index in [1.807, 2.05) is 12.1 Å². The summed E-state index contributed by atoms with van der Waals surface area (Å²) in [6.07, 6.45) is 1.15. The van der Waals surface area contributed by atoms with Gasteiger partial charge in [-0.25, -0.2) is 4.39 Å². The molecule has 2 heteroatoms. The number of benzene rings is 1. The van der Waals surface area contributed by atoms with Gasteiger partial charge in [0, 0.05) is 6.42 Å². The van der Waals surface area contributed by atoms with Gasteiger partial charge in [0.15, 0.2) is 0 Å². The quantitative estimate of drug-likeness (QED) is 0.767. The van der Waals surface area contributed by atoms with E-state index in [2.05, 4.69) is 19.1 Å². The summed E-state index contributed by atoms with van der Waals surface area (Å²) in [6, 6.07) is 8.11. The summed E-state index contributed by atoms with van der Waals surface area (Å²) >= 11 is 0. The van der Waals surface area contributed by atoms with Crippen molar-refractivity contribution in [3.8, 4) is 0 Å². The highest BCUT2D eigenvalue weighted by Crippen LogP contribution is 2.11. The van der Waals surface area contributed by atoms with Crippen LogP contribution in [0.4, 0.5) is 4.39 Å². The van der Waals surface area contributed by atoms with Crippen LogP contribution in [-0.4, -0.2) is 12.7 Å². The first-order valence-corrected chi connectivity index (χ1v) is 5.18. The van der Waals surface area contributed by atoms with Crippen molar-refractivity contribution in [3.05, 3.63) is 35.4 Å².